The van der Waals surface area contributed by atoms with Crippen molar-refractivity contribution >= 4 is 25.8 Å². The largest absolute Gasteiger partial charge is 0.392 e. The number of aliphatic hydroxyl groups is 1. The van der Waals surface area contributed by atoms with E-state index in [9.17, 15) is 8.42 Å². The molecule has 0 bridgehead atoms. The average molecular weight is 277 g/mol. The Morgan fingerprint density at radius 2 is 2.14 bits per heavy atom. The molecule has 0 saturated carbocycles. The van der Waals surface area contributed by atoms with Gasteiger partial charge in [-0.25, -0.2) is 8.42 Å². The van der Waals surface area contributed by atoms with Gasteiger partial charge in [0, 0.05) is 9.88 Å². The molecule has 0 aliphatic heterocycles. The van der Waals surface area contributed by atoms with Crippen LogP contribution in [0.5, 0.6) is 0 Å². The standard InChI is InChI=1S/C9H9BrO3S/c1-2-14(12,13)9-5-8(10)4-3-7(9)6-11/h2-5,11H,1,6H2. The van der Waals surface area contributed by atoms with Crippen molar-refractivity contribution in [1.29, 1.82) is 0 Å². The highest BCUT2D eigenvalue weighted by atomic mass is 79.9. The maximum absolute atomic E-state index is 11.5. The second-order valence-electron chi connectivity index (χ2n) is 2.62. The smallest absolute Gasteiger partial charge is 0.199 e. The highest BCUT2D eigenvalue weighted by Crippen LogP contribution is 2.22. The monoisotopic (exact) mass is 276 g/mol. The number of halogens is 1. The Bertz CT molecular complexity index is 451. The van der Waals surface area contributed by atoms with Gasteiger partial charge in [-0.05, 0) is 17.7 Å². The third-order valence-electron chi connectivity index (χ3n) is 1.73. The predicted octanol–water partition coefficient (Wildman–Crippen LogP) is 1.86. The Morgan fingerprint density at radius 3 is 2.64 bits per heavy atom. The second-order valence-corrected chi connectivity index (χ2v) is 5.40. The number of hydrogen-bond acceptors (Lipinski definition) is 3. The Morgan fingerprint density at radius 1 is 1.50 bits per heavy atom. The van der Waals surface area contributed by atoms with Gasteiger partial charge in [0.15, 0.2) is 9.84 Å². The van der Waals surface area contributed by atoms with Crippen molar-refractivity contribution in [1.82, 2.24) is 0 Å². The van der Waals surface area contributed by atoms with Crippen molar-refractivity contribution in [2.45, 2.75) is 11.5 Å². The van der Waals surface area contributed by atoms with Gasteiger partial charge in [-0.1, -0.05) is 28.6 Å². The van der Waals surface area contributed by atoms with E-state index in [0.717, 1.165) is 5.41 Å². The zero-order chi connectivity index (χ0) is 10.8. The summed E-state index contributed by atoms with van der Waals surface area (Å²) in [5.74, 6) is 0. The SMILES string of the molecule is C=CS(=O)(=O)c1cc(Br)ccc1CO. The van der Waals surface area contributed by atoms with Crippen molar-refractivity contribution in [2.75, 3.05) is 0 Å². The van der Waals surface area contributed by atoms with Crippen LogP contribution in [0.15, 0.2) is 39.6 Å². The Labute approximate surface area is 91.1 Å². The molecule has 1 aromatic rings. The van der Waals surface area contributed by atoms with Crippen LogP contribution in [0.3, 0.4) is 0 Å². The molecule has 0 fully saturated rings. The molecule has 3 nitrogen and oxygen atoms in total. The van der Waals surface area contributed by atoms with Crippen LogP contribution in [-0.2, 0) is 16.4 Å². The van der Waals surface area contributed by atoms with Crippen LogP contribution in [0, 0.1) is 0 Å². The van der Waals surface area contributed by atoms with Crippen molar-refractivity contribution in [3.63, 3.8) is 0 Å². The van der Waals surface area contributed by atoms with Crippen molar-refractivity contribution in [3.8, 4) is 0 Å². The van der Waals surface area contributed by atoms with Gasteiger partial charge in [-0.3, -0.25) is 0 Å². The molecule has 0 unspecified atom stereocenters. The molecule has 0 aromatic heterocycles. The minimum Gasteiger partial charge on any atom is -0.392 e. The van der Waals surface area contributed by atoms with Crippen LogP contribution in [0.2, 0.25) is 0 Å². The van der Waals surface area contributed by atoms with E-state index in [1.807, 2.05) is 0 Å². The summed E-state index contributed by atoms with van der Waals surface area (Å²) in [4.78, 5) is 0.0874. The predicted molar refractivity (Wildman–Crippen MR) is 57.4 cm³/mol. The van der Waals surface area contributed by atoms with Gasteiger partial charge < -0.3 is 5.11 Å². The van der Waals surface area contributed by atoms with Crippen molar-refractivity contribution in [2.24, 2.45) is 0 Å². The average Bonchev–Trinajstić information content (AvgIpc) is 2.18. The third-order valence-corrected chi connectivity index (χ3v) is 3.65. The van der Waals surface area contributed by atoms with Crippen LogP contribution < -0.4 is 0 Å². The molecular formula is C9H9BrO3S. The van der Waals surface area contributed by atoms with E-state index in [-0.39, 0.29) is 11.5 Å². The van der Waals surface area contributed by atoms with Crippen LogP contribution in [0.1, 0.15) is 5.56 Å². The minimum absolute atomic E-state index is 0.0874. The molecule has 1 aromatic carbocycles. The maximum Gasteiger partial charge on any atom is 0.199 e. The van der Waals surface area contributed by atoms with E-state index in [1.165, 1.54) is 6.07 Å². The molecule has 14 heavy (non-hydrogen) atoms. The zero-order valence-electron chi connectivity index (χ0n) is 7.27. The molecule has 0 aliphatic rings. The first-order chi connectivity index (χ1) is 6.51. The molecule has 5 heteroatoms. The Kier molecular flexibility index (Phi) is 3.47. The van der Waals surface area contributed by atoms with E-state index in [0.29, 0.717) is 10.0 Å². The van der Waals surface area contributed by atoms with E-state index in [2.05, 4.69) is 22.5 Å². The molecule has 0 saturated heterocycles. The van der Waals surface area contributed by atoms with Gasteiger partial charge in [0.05, 0.1) is 11.5 Å². The quantitative estimate of drug-likeness (QED) is 0.917. The van der Waals surface area contributed by atoms with Crippen LogP contribution in [-0.4, -0.2) is 13.5 Å². The lowest BCUT2D eigenvalue weighted by Crippen LogP contribution is -2.01. The maximum atomic E-state index is 11.5. The molecule has 0 heterocycles. The summed E-state index contributed by atoms with van der Waals surface area (Å²) in [6, 6.07) is 4.68. The van der Waals surface area contributed by atoms with Gasteiger partial charge in [0.1, 0.15) is 0 Å². The van der Waals surface area contributed by atoms with Crippen LogP contribution in [0.4, 0.5) is 0 Å². The summed E-state index contributed by atoms with van der Waals surface area (Å²) in [7, 11) is -3.49. The molecule has 0 radical (unpaired) electrons. The second kappa shape index (κ2) is 4.25. The van der Waals surface area contributed by atoms with Gasteiger partial charge in [-0.2, -0.15) is 0 Å². The molecule has 1 N–H and O–H groups in total. The highest BCUT2D eigenvalue weighted by Gasteiger charge is 2.14. The lowest BCUT2D eigenvalue weighted by Gasteiger charge is -2.05. The molecule has 0 spiro atoms. The summed E-state index contributed by atoms with van der Waals surface area (Å²) in [5, 5.41) is 9.82. The fourth-order valence-electron chi connectivity index (χ4n) is 1.01. The van der Waals surface area contributed by atoms with Gasteiger partial charge in [0.25, 0.3) is 0 Å². The number of benzene rings is 1. The molecule has 0 amide bonds. The normalized spacial score (nSPS) is 11.3. The zero-order valence-corrected chi connectivity index (χ0v) is 9.68. The first-order valence-corrected chi connectivity index (χ1v) is 6.12. The summed E-state index contributed by atoms with van der Waals surface area (Å²) >= 11 is 3.17. The summed E-state index contributed by atoms with van der Waals surface area (Å²) in [6.07, 6.45) is 0. The number of hydrogen-bond donors (Lipinski definition) is 1. The first kappa shape index (κ1) is 11.4. The molecule has 76 valence electrons. The summed E-state index contributed by atoms with van der Waals surface area (Å²) in [5.41, 5.74) is 0.369. The van der Waals surface area contributed by atoms with Gasteiger partial charge >= 0.3 is 0 Å². The Balaban J connectivity index is 3.46. The minimum atomic E-state index is -3.49. The van der Waals surface area contributed by atoms with Crippen LogP contribution >= 0.6 is 15.9 Å². The van der Waals surface area contributed by atoms with Crippen LogP contribution in [0.25, 0.3) is 0 Å². The number of rotatable bonds is 3. The highest BCUT2D eigenvalue weighted by molar-refractivity contribution is 9.10. The molecule has 0 aliphatic carbocycles. The Hall–Kier alpha value is -0.650. The lowest BCUT2D eigenvalue weighted by atomic mass is 10.2. The lowest BCUT2D eigenvalue weighted by molar-refractivity contribution is 0.278. The molecule has 0 atom stereocenters. The van der Waals surface area contributed by atoms with Crippen molar-refractivity contribution < 1.29 is 13.5 Å². The van der Waals surface area contributed by atoms with E-state index >= 15 is 0 Å². The topological polar surface area (TPSA) is 54.4 Å². The number of sulfone groups is 1. The number of aliphatic hydroxyl groups excluding tert-OH is 1. The van der Waals surface area contributed by atoms with E-state index in [4.69, 9.17) is 5.11 Å². The van der Waals surface area contributed by atoms with E-state index in [1.54, 1.807) is 12.1 Å². The third kappa shape index (κ3) is 2.23. The first-order valence-electron chi connectivity index (χ1n) is 3.78. The molecular weight excluding hydrogens is 268 g/mol. The summed E-state index contributed by atoms with van der Waals surface area (Å²) in [6.45, 7) is 2.92. The van der Waals surface area contributed by atoms with Crippen molar-refractivity contribution in [3.05, 3.63) is 40.2 Å². The van der Waals surface area contributed by atoms with Gasteiger partial charge in [0.2, 0.25) is 0 Å². The fraction of sp³-hybridized carbons (Fsp3) is 0.111. The fourth-order valence-corrected chi connectivity index (χ4v) is 2.50. The van der Waals surface area contributed by atoms with E-state index < -0.39 is 9.84 Å². The summed E-state index contributed by atoms with van der Waals surface area (Å²) < 4.78 is 23.6. The van der Waals surface area contributed by atoms with Gasteiger partial charge in [-0.15, -0.1) is 0 Å². The molecule has 1 rings (SSSR count).